The molecular weight excluding hydrogens is 318 g/mol. The molecule has 7 heteroatoms. The molecule has 0 radical (unpaired) electrons. The first-order valence-corrected chi connectivity index (χ1v) is 7.92. The third kappa shape index (κ3) is 4.41. The highest BCUT2D eigenvalue weighted by Crippen LogP contribution is 2.12. The van der Waals surface area contributed by atoms with Gasteiger partial charge < -0.3 is 10.1 Å². The zero-order valence-corrected chi connectivity index (χ0v) is 14.1. The van der Waals surface area contributed by atoms with Crippen molar-refractivity contribution in [1.29, 1.82) is 0 Å². The summed E-state index contributed by atoms with van der Waals surface area (Å²) in [5.41, 5.74) is 3.08. The molecule has 0 aliphatic carbocycles. The molecule has 128 valence electrons. The minimum absolute atomic E-state index is 0.0600. The Hall–Kier alpha value is -3.22. The van der Waals surface area contributed by atoms with E-state index in [9.17, 15) is 4.79 Å². The van der Waals surface area contributed by atoms with Crippen molar-refractivity contribution in [2.24, 2.45) is 0 Å². The molecule has 3 rings (SSSR count). The summed E-state index contributed by atoms with van der Waals surface area (Å²) in [5.74, 6) is 0.979. The molecule has 0 fully saturated rings. The lowest BCUT2D eigenvalue weighted by Gasteiger charge is -2.08. The van der Waals surface area contributed by atoms with Crippen LogP contribution in [0, 0.1) is 13.8 Å². The number of amides is 1. The van der Waals surface area contributed by atoms with Gasteiger partial charge in [0.25, 0.3) is 5.91 Å². The van der Waals surface area contributed by atoms with E-state index in [-0.39, 0.29) is 19.1 Å². The number of carbonyl (C=O) groups is 1. The van der Waals surface area contributed by atoms with E-state index in [0.29, 0.717) is 11.6 Å². The smallest absolute Gasteiger partial charge is 0.258 e. The summed E-state index contributed by atoms with van der Waals surface area (Å²) >= 11 is 0. The van der Waals surface area contributed by atoms with E-state index in [1.165, 1.54) is 0 Å². The standard InChI is InChI=1S/C18H19N5O2/c1-13-6-8-15(9-7-13)23-17(20-21-22-23)11-19-18(24)12-25-16-5-3-4-14(2)10-16/h3-10H,11-12H2,1-2H3,(H,19,24). The lowest BCUT2D eigenvalue weighted by molar-refractivity contribution is -0.123. The van der Waals surface area contributed by atoms with Gasteiger partial charge in [0.1, 0.15) is 5.75 Å². The van der Waals surface area contributed by atoms with Crippen LogP contribution in [0.3, 0.4) is 0 Å². The van der Waals surface area contributed by atoms with Gasteiger partial charge in [-0.05, 0) is 54.1 Å². The molecule has 0 saturated carbocycles. The monoisotopic (exact) mass is 337 g/mol. The number of aromatic nitrogens is 4. The average molecular weight is 337 g/mol. The van der Waals surface area contributed by atoms with Gasteiger partial charge in [0.15, 0.2) is 12.4 Å². The van der Waals surface area contributed by atoms with Crippen molar-refractivity contribution in [3.05, 3.63) is 65.5 Å². The van der Waals surface area contributed by atoms with Crippen LogP contribution in [-0.2, 0) is 11.3 Å². The van der Waals surface area contributed by atoms with Crippen LogP contribution in [0.25, 0.3) is 5.69 Å². The Bertz CT molecular complexity index is 858. The molecule has 0 bridgehead atoms. The zero-order chi connectivity index (χ0) is 17.6. The molecule has 1 N–H and O–H groups in total. The van der Waals surface area contributed by atoms with E-state index < -0.39 is 0 Å². The lowest BCUT2D eigenvalue weighted by atomic mass is 10.2. The molecular formula is C18H19N5O2. The second-order valence-corrected chi connectivity index (χ2v) is 5.72. The summed E-state index contributed by atoms with van der Waals surface area (Å²) in [6.07, 6.45) is 0. The summed E-state index contributed by atoms with van der Waals surface area (Å²) in [6, 6.07) is 15.4. The van der Waals surface area contributed by atoms with Crippen molar-refractivity contribution >= 4 is 5.91 Å². The van der Waals surface area contributed by atoms with Gasteiger partial charge in [-0.25, -0.2) is 0 Å². The van der Waals surface area contributed by atoms with Crippen molar-refractivity contribution in [2.75, 3.05) is 6.61 Å². The number of rotatable bonds is 6. The predicted octanol–water partition coefficient (Wildman–Crippen LogP) is 1.97. The molecule has 0 unspecified atom stereocenters. The van der Waals surface area contributed by atoms with Crippen LogP contribution in [0.15, 0.2) is 48.5 Å². The summed E-state index contributed by atoms with van der Waals surface area (Å²) in [7, 11) is 0. The van der Waals surface area contributed by atoms with Crippen LogP contribution in [0.5, 0.6) is 5.75 Å². The van der Waals surface area contributed by atoms with Crippen molar-refractivity contribution in [1.82, 2.24) is 25.5 Å². The van der Waals surface area contributed by atoms with E-state index in [0.717, 1.165) is 16.8 Å². The van der Waals surface area contributed by atoms with E-state index >= 15 is 0 Å². The van der Waals surface area contributed by atoms with E-state index in [2.05, 4.69) is 20.8 Å². The first-order chi connectivity index (χ1) is 12.1. The second kappa shape index (κ2) is 7.57. The Morgan fingerprint density at radius 2 is 1.92 bits per heavy atom. The summed E-state index contributed by atoms with van der Waals surface area (Å²) in [5, 5.41) is 14.4. The Balaban J connectivity index is 1.56. The molecule has 0 aliphatic rings. The third-order valence-electron chi connectivity index (χ3n) is 3.62. The Labute approximate surface area is 145 Å². The number of tetrazole rings is 1. The summed E-state index contributed by atoms with van der Waals surface area (Å²) < 4.78 is 7.07. The molecule has 1 amide bonds. The lowest BCUT2D eigenvalue weighted by Crippen LogP contribution is -2.29. The normalized spacial score (nSPS) is 10.5. The molecule has 1 heterocycles. The topological polar surface area (TPSA) is 81.9 Å². The maximum atomic E-state index is 12.0. The van der Waals surface area contributed by atoms with E-state index in [4.69, 9.17) is 4.74 Å². The minimum atomic E-state index is -0.236. The summed E-state index contributed by atoms with van der Waals surface area (Å²) in [4.78, 5) is 12.0. The highest BCUT2D eigenvalue weighted by Gasteiger charge is 2.10. The molecule has 3 aromatic rings. The molecule has 7 nitrogen and oxygen atoms in total. The van der Waals surface area contributed by atoms with Crippen molar-refractivity contribution < 1.29 is 9.53 Å². The number of ether oxygens (including phenoxy) is 1. The zero-order valence-electron chi connectivity index (χ0n) is 14.1. The maximum Gasteiger partial charge on any atom is 0.258 e. The van der Waals surface area contributed by atoms with Crippen LogP contribution < -0.4 is 10.1 Å². The fourth-order valence-corrected chi connectivity index (χ4v) is 2.29. The van der Waals surface area contributed by atoms with Crippen LogP contribution >= 0.6 is 0 Å². The number of carbonyl (C=O) groups excluding carboxylic acids is 1. The quantitative estimate of drug-likeness (QED) is 0.744. The van der Waals surface area contributed by atoms with Gasteiger partial charge >= 0.3 is 0 Å². The fourth-order valence-electron chi connectivity index (χ4n) is 2.29. The second-order valence-electron chi connectivity index (χ2n) is 5.72. The third-order valence-corrected chi connectivity index (χ3v) is 3.62. The first-order valence-electron chi connectivity index (χ1n) is 7.92. The van der Waals surface area contributed by atoms with Gasteiger partial charge in [-0.1, -0.05) is 29.8 Å². The SMILES string of the molecule is Cc1ccc(-n2nnnc2CNC(=O)COc2cccc(C)c2)cc1. The highest BCUT2D eigenvalue weighted by atomic mass is 16.5. The van der Waals surface area contributed by atoms with Crippen LogP contribution in [0.4, 0.5) is 0 Å². The first kappa shape index (κ1) is 16.6. The molecule has 2 aromatic carbocycles. The van der Waals surface area contributed by atoms with Crippen LogP contribution in [0.1, 0.15) is 17.0 Å². The molecule has 0 aliphatic heterocycles. The maximum absolute atomic E-state index is 12.0. The minimum Gasteiger partial charge on any atom is -0.484 e. The van der Waals surface area contributed by atoms with Gasteiger partial charge in [0.2, 0.25) is 0 Å². The van der Waals surface area contributed by atoms with Crippen molar-refractivity contribution in [3.63, 3.8) is 0 Å². The van der Waals surface area contributed by atoms with Gasteiger partial charge in [-0.2, -0.15) is 4.68 Å². The number of hydrogen-bond donors (Lipinski definition) is 1. The molecule has 25 heavy (non-hydrogen) atoms. The molecule has 0 atom stereocenters. The number of nitrogens with one attached hydrogen (secondary N) is 1. The largest absolute Gasteiger partial charge is 0.484 e. The number of nitrogens with zero attached hydrogens (tertiary/aromatic N) is 4. The Morgan fingerprint density at radius 3 is 2.68 bits per heavy atom. The van der Waals surface area contributed by atoms with Gasteiger partial charge in [-0.3, -0.25) is 4.79 Å². The van der Waals surface area contributed by atoms with Crippen LogP contribution in [-0.4, -0.2) is 32.7 Å². The van der Waals surface area contributed by atoms with E-state index in [1.54, 1.807) is 4.68 Å². The Morgan fingerprint density at radius 1 is 1.12 bits per heavy atom. The predicted molar refractivity (Wildman–Crippen MR) is 92.4 cm³/mol. The van der Waals surface area contributed by atoms with Crippen LogP contribution in [0.2, 0.25) is 0 Å². The van der Waals surface area contributed by atoms with Gasteiger partial charge in [0.05, 0.1) is 12.2 Å². The van der Waals surface area contributed by atoms with Gasteiger partial charge in [-0.15, -0.1) is 5.10 Å². The number of benzene rings is 2. The van der Waals surface area contributed by atoms with Gasteiger partial charge in [0, 0.05) is 0 Å². The molecule has 1 aromatic heterocycles. The molecule has 0 saturated heterocycles. The van der Waals surface area contributed by atoms with E-state index in [1.807, 2.05) is 62.4 Å². The number of hydrogen-bond acceptors (Lipinski definition) is 5. The molecule has 0 spiro atoms. The average Bonchev–Trinajstić information content (AvgIpc) is 3.07. The van der Waals surface area contributed by atoms with Crippen molar-refractivity contribution in [3.8, 4) is 11.4 Å². The fraction of sp³-hybridized carbons (Fsp3) is 0.222. The Kier molecular flexibility index (Phi) is 5.03. The van der Waals surface area contributed by atoms with Crippen molar-refractivity contribution in [2.45, 2.75) is 20.4 Å². The summed E-state index contributed by atoms with van der Waals surface area (Å²) in [6.45, 7) is 4.14. The number of aryl methyl sites for hydroxylation is 2. The highest BCUT2D eigenvalue weighted by molar-refractivity contribution is 5.77.